The van der Waals surface area contributed by atoms with E-state index in [1.807, 2.05) is 0 Å². The average molecular weight is 377 g/mol. The number of hydrogen-bond donors (Lipinski definition) is 1. The molecule has 0 spiro atoms. The van der Waals surface area contributed by atoms with E-state index < -0.39 is 0 Å². The van der Waals surface area contributed by atoms with Crippen LogP contribution >= 0.6 is 0 Å². The van der Waals surface area contributed by atoms with Crippen LogP contribution in [0, 0.1) is 0 Å². The second-order valence-corrected chi connectivity index (χ2v) is 7.79. The fraction of sp³-hybridized carbons (Fsp3) is 0.750. The Kier molecular flexibility index (Phi) is 7.01. The van der Waals surface area contributed by atoms with Crippen molar-refractivity contribution in [1.29, 1.82) is 0 Å². The predicted molar refractivity (Wildman–Crippen MR) is 104 cm³/mol. The third kappa shape index (κ3) is 4.96. The number of ether oxygens (including phenoxy) is 1. The first-order valence-corrected chi connectivity index (χ1v) is 10.2. The summed E-state index contributed by atoms with van der Waals surface area (Å²) in [6.07, 6.45) is 9.85. The minimum absolute atomic E-state index is 0.0822. The van der Waals surface area contributed by atoms with Crippen molar-refractivity contribution in [1.82, 2.24) is 20.0 Å². The van der Waals surface area contributed by atoms with Crippen molar-refractivity contribution in [2.45, 2.75) is 63.5 Å². The maximum absolute atomic E-state index is 12.7. The normalized spacial score (nSPS) is 20.3. The second-order valence-electron chi connectivity index (χ2n) is 7.79. The lowest BCUT2D eigenvalue weighted by molar-refractivity contribution is 0.0325. The van der Waals surface area contributed by atoms with Crippen LogP contribution in [0.4, 0.5) is 0 Å². The van der Waals surface area contributed by atoms with E-state index in [1.165, 1.54) is 55.3 Å². The van der Waals surface area contributed by atoms with E-state index in [9.17, 15) is 9.59 Å². The topological polar surface area (TPSA) is 76.5 Å². The van der Waals surface area contributed by atoms with Gasteiger partial charge in [-0.05, 0) is 44.8 Å². The summed E-state index contributed by atoms with van der Waals surface area (Å²) in [7, 11) is 1.58. The van der Waals surface area contributed by atoms with E-state index in [-0.39, 0.29) is 22.7 Å². The van der Waals surface area contributed by atoms with Crippen LogP contribution in [0.2, 0.25) is 0 Å². The van der Waals surface area contributed by atoms with Gasteiger partial charge in [0, 0.05) is 25.3 Å². The van der Waals surface area contributed by atoms with Gasteiger partial charge >= 0.3 is 0 Å². The Morgan fingerprint density at radius 3 is 2.56 bits per heavy atom. The number of carbonyl (C=O) groups excluding carboxylic acids is 1. The molecule has 0 bridgehead atoms. The third-order valence-corrected chi connectivity index (χ3v) is 6.00. The number of nitrogens with one attached hydrogen (secondary N) is 1. The molecule has 1 aliphatic carbocycles. The fourth-order valence-electron chi connectivity index (χ4n) is 4.43. The fourth-order valence-corrected chi connectivity index (χ4v) is 4.43. The van der Waals surface area contributed by atoms with Crippen molar-refractivity contribution >= 4 is 5.91 Å². The van der Waals surface area contributed by atoms with Crippen molar-refractivity contribution in [3.05, 3.63) is 28.2 Å². The molecule has 2 heterocycles. The van der Waals surface area contributed by atoms with E-state index in [0.29, 0.717) is 19.7 Å². The lowest BCUT2D eigenvalue weighted by Gasteiger charge is -2.48. The molecule has 7 heteroatoms. The molecular weight excluding hydrogens is 344 g/mol. The number of aromatic nitrogens is 2. The Morgan fingerprint density at radius 1 is 1.15 bits per heavy atom. The quantitative estimate of drug-likeness (QED) is 0.785. The van der Waals surface area contributed by atoms with Gasteiger partial charge in [0.1, 0.15) is 5.69 Å². The van der Waals surface area contributed by atoms with E-state index in [2.05, 4.69) is 15.3 Å². The van der Waals surface area contributed by atoms with E-state index in [0.717, 1.165) is 25.9 Å². The molecule has 2 fully saturated rings. The van der Waals surface area contributed by atoms with Crippen molar-refractivity contribution < 1.29 is 9.53 Å². The van der Waals surface area contributed by atoms with Crippen LogP contribution < -0.4 is 10.9 Å². The number of amides is 1. The molecule has 1 aromatic heterocycles. The summed E-state index contributed by atoms with van der Waals surface area (Å²) in [5.74, 6) is -0.205. The summed E-state index contributed by atoms with van der Waals surface area (Å²) in [6.45, 7) is 3.65. The van der Waals surface area contributed by atoms with Gasteiger partial charge in [-0.25, -0.2) is 4.68 Å². The van der Waals surface area contributed by atoms with Crippen molar-refractivity contribution in [3.8, 4) is 0 Å². The van der Waals surface area contributed by atoms with Crippen LogP contribution in [-0.2, 0) is 11.3 Å². The summed E-state index contributed by atoms with van der Waals surface area (Å²) < 4.78 is 6.29. The number of methoxy groups -OCH3 is 1. The van der Waals surface area contributed by atoms with Gasteiger partial charge in [0.2, 0.25) is 0 Å². The first kappa shape index (κ1) is 20.0. The standard InChI is InChI=1S/C20H32N4O3/c1-27-15-14-24-18(25)9-8-17(22-24)19(26)21-16-20(10-4-2-5-11-20)23-12-6-3-7-13-23/h8-9H,2-7,10-16H2,1H3,(H,21,26). The molecule has 1 saturated heterocycles. The number of rotatable bonds is 7. The first-order valence-electron chi connectivity index (χ1n) is 10.2. The molecule has 0 unspecified atom stereocenters. The SMILES string of the molecule is COCCn1nc(C(=O)NCC2(N3CCCCC3)CCCCC2)ccc1=O. The van der Waals surface area contributed by atoms with Gasteiger partial charge in [-0.15, -0.1) is 0 Å². The van der Waals surface area contributed by atoms with Gasteiger partial charge in [-0.2, -0.15) is 5.10 Å². The molecule has 2 aliphatic rings. The molecule has 1 N–H and O–H groups in total. The molecule has 1 saturated carbocycles. The molecule has 1 aliphatic heterocycles. The maximum atomic E-state index is 12.7. The van der Waals surface area contributed by atoms with Gasteiger partial charge in [0.15, 0.2) is 0 Å². The molecule has 1 amide bonds. The Balaban J connectivity index is 1.68. The van der Waals surface area contributed by atoms with Gasteiger partial charge in [0.25, 0.3) is 11.5 Å². The Bertz CT molecular complexity index is 676. The van der Waals surface area contributed by atoms with Crippen molar-refractivity contribution in [3.63, 3.8) is 0 Å². The van der Waals surface area contributed by atoms with Gasteiger partial charge < -0.3 is 10.1 Å². The minimum atomic E-state index is -0.222. The number of hydrogen-bond acceptors (Lipinski definition) is 5. The monoisotopic (exact) mass is 376 g/mol. The molecule has 150 valence electrons. The number of likely N-dealkylation sites (tertiary alicyclic amines) is 1. The number of nitrogens with zero attached hydrogens (tertiary/aromatic N) is 3. The Labute approximate surface area is 161 Å². The van der Waals surface area contributed by atoms with E-state index >= 15 is 0 Å². The number of piperidine rings is 1. The largest absolute Gasteiger partial charge is 0.383 e. The van der Waals surface area contributed by atoms with Crippen molar-refractivity contribution in [2.75, 3.05) is 33.4 Å². The summed E-state index contributed by atoms with van der Waals surface area (Å²) in [6, 6.07) is 2.91. The lowest BCUT2D eigenvalue weighted by Crippen LogP contribution is -2.58. The average Bonchev–Trinajstić information content (AvgIpc) is 2.73. The first-order chi connectivity index (χ1) is 13.1. The molecule has 3 rings (SSSR count). The molecule has 0 atom stereocenters. The van der Waals surface area contributed by atoms with E-state index in [1.54, 1.807) is 7.11 Å². The molecule has 27 heavy (non-hydrogen) atoms. The van der Waals surface area contributed by atoms with Crippen LogP contribution in [0.25, 0.3) is 0 Å². The van der Waals surface area contributed by atoms with Gasteiger partial charge in [0.05, 0.1) is 13.2 Å². The van der Waals surface area contributed by atoms with Crippen LogP contribution in [0.5, 0.6) is 0 Å². The molecule has 7 nitrogen and oxygen atoms in total. The summed E-state index contributed by atoms with van der Waals surface area (Å²) >= 11 is 0. The molecule has 1 aromatic rings. The predicted octanol–water partition coefficient (Wildman–Crippen LogP) is 1.81. The molecule has 0 aromatic carbocycles. The maximum Gasteiger partial charge on any atom is 0.271 e. The third-order valence-electron chi connectivity index (χ3n) is 6.00. The van der Waals surface area contributed by atoms with Crippen LogP contribution in [-0.4, -0.2) is 59.5 Å². The van der Waals surface area contributed by atoms with Gasteiger partial charge in [-0.1, -0.05) is 25.7 Å². The molecular formula is C20H32N4O3. The lowest BCUT2D eigenvalue weighted by atomic mass is 9.79. The minimum Gasteiger partial charge on any atom is -0.383 e. The number of carbonyl (C=O) groups is 1. The highest BCUT2D eigenvalue weighted by atomic mass is 16.5. The zero-order valence-electron chi connectivity index (χ0n) is 16.4. The van der Waals surface area contributed by atoms with Gasteiger partial charge in [-0.3, -0.25) is 14.5 Å². The highest BCUT2D eigenvalue weighted by molar-refractivity contribution is 5.92. The highest BCUT2D eigenvalue weighted by Crippen LogP contribution is 2.35. The molecule has 0 radical (unpaired) electrons. The van der Waals surface area contributed by atoms with Crippen LogP contribution in [0.1, 0.15) is 61.9 Å². The Hall–Kier alpha value is -1.73. The summed E-state index contributed by atoms with van der Waals surface area (Å²) in [5, 5.41) is 7.33. The Morgan fingerprint density at radius 2 is 1.85 bits per heavy atom. The van der Waals surface area contributed by atoms with Crippen molar-refractivity contribution in [2.24, 2.45) is 0 Å². The highest BCUT2D eigenvalue weighted by Gasteiger charge is 2.38. The van der Waals surface area contributed by atoms with Crippen LogP contribution in [0.3, 0.4) is 0 Å². The second kappa shape index (κ2) is 9.46. The smallest absolute Gasteiger partial charge is 0.271 e. The zero-order chi connectivity index (χ0) is 19.1. The van der Waals surface area contributed by atoms with Crippen LogP contribution in [0.15, 0.2) is 16.9 Å². The van der Waals surface area contributed by atoms with E-state index in [4.69, 9.17) is 4.74 Å². The zero-order valence-corrected chi connectivity index (χ0v) is 16.4. The summed E-state index contributed by atoms with van der Waals surface area (Å²) in [4.78, 5) is 27.2. The summed E-state index contributed by atoms with van der Waals surface area (Å²) in [5.41, 5.74) is 0.148.